The van der Waals surface area contributed by atoms with Gasteiger partial charge in [0.2, 0.25) is 0 Å². The summed E-state index contributed by atoms with van der Waals surface area (Å²) in [5.41, 5.74) is 3.65. The number of rotatable bonds is 1. The van der Waals surface area contributed by atoms with Crippen LogP contribution in [0.15, 0.2) is 18.2 Å². The van der Waals surface area contributed by atoms with E-state index in [-0.39, 0.29) is 12.0 Å². The fraction of sp³-hybridized carbons (Fsp3) is 0.462. The van der Waals surface area contributed by atoms with E-state index in [0.717, 1.165) is 6.42 Å². The Kier molecular flexibility index (Phi) is 2.75. The van der Waals surface area contributed by atoms with Gasteiger partial charge < -0.3 is 4.74 Å². The van der Waals surface area contributed by atoms with Gasteiger partial charge >= 0.3 is 0 Å². The summed E-state index contributed by atoms with van der Waals surface area (Å²) in [7, 11) is 0. The van der Waals surface area contributed by atoms with Crippen molar-refractivity contribution in [3.05, 3.63) is 34.9 Å². The standard InChI is InChI=1S/C13H15NO/c1-9-3-4-12(10(2)7-9)13-11(8-14)5-6-15-13/h3-4,7,11,13H,5-6H2,1-2H3. The molecule has 0 N–H and O–H groups in total. The Morgan fingerprint density at radius 2 is 2.20 bits per heavy atom. The maximum atomic E-state index is 9.01. The van der Waals surface area contributed by atoms with E-state index in [1.165, 1.54) is 16.7 Å². The minimum absolute atomic E-state index is 0.0180. The van der Waals surface area contributed by atoms with Gasteiger partial charge in [-0.3, -0.25) is 0 Å². The Labute approximate surface area is 90.5 Å². The second-order valence-corrected chi connectivity index (χ2v) is 4.18. The Balaban J connectivity index is 2.33. The summed E-state index contributed by atoms with van der Waals surface area (Å²) >= 11 is 0. The van der Waals surface area contributed by atoms with Gasteiger partial charge in [-0.05, 0) is 31.4 Å². The van der Waals surface area contributed by atoms with Crippen LogP contribution in [0.1, 0.15) is 29.2 Å². The van der Waals surface area contributed by atoms with Gasteiger partial charge in [0.1, 0.15) is 0 Å². The summed E-state index contributed by atoms with van der Waals surface area (Å²) in [4.78, 5) is 0. The molecule has 1 aromatic carbocycles. The summed E-state index contributed by atoms with van der Waals surface area (Å²) in [5.74, 6) is 0.0198. The largest absolute Gasteiger partial charge is 0.372 e. The highest BCUT2D eigenvalue weighted by atomic mass is 16.5. The van der Waals surface area contributed by atoms with Gasteiger partial charge in [-0.15, -0.1) is 0 Å². The lowest BCUT2D eigenvalue weighted by atomic mass is 9.93. The zero-order chi connectivity index (χ0) is 10.8. The summed E-state index contributed by atoms with van der Waals surface area (Å²) in [6, 6.07) is 8.64. The van der Waals surface area contributed by atoms with Gasteiger partial charge in [0.25, 0.3) is 0 Å². The van der Waals surface area contributed by atoms with Gasteiger partial charge in [-0.1, -0.05) is 23.8 Å². The first-order chi connectivity index (χ1) is 7.22. The predicted molar refractivity (Wildman–Crippen MR) is 58.3 cm³/mol. The average molecular weight is 201 g/mol. The van der Waals surface area contributed by atoms with Crippen molar-refractivity contribution in [2.45, 2.75) is 26.4 Å². The van der Waals surface area contributed by atoms with Gasteiger partial charge in [-0.25, -0.2) is 0 Å². The van der Waals surface area contributed by atoms with Gasteiger partial charge in [0.15, 0.2) is 0 Å². The molecule has 0 bridgehead atoms. The maximum Gasteiger partial charge on any atom is 0.0986 e. The SMILES string of the molecule is Cc1ccc(C2OCCC2C#N)c(C)c1. The smallest absolute Gasteiger partial charge is 0.0986 e. The number of hydrogen-bond donors (Lipinski definition) is 0. The number of nitriles is 1. The molecule has 2 atom stereocenters. The number of benzene rings is 1. The van der Waals surface area contributed by atoms with E-state index in [4.69, 9.17) is 10.00 Å². The van der Waals surface area contributed by atoms with Crippen molar-refractivity contribution >= 4 is 0 Å². The van der Waals surface area contributed by atoms with Crippen LogP contribution < -0.4 is 0 Å². The molecule has 2 heteroatoms. The van der Waals surface area contributed by atoms with Crippen molar-refractivity contribution in [3.8, 4) is 6.07 Å². The minimum atomic E-state index is -0.0180. The molecule has 15 heavy (non-hydrogen) atoms. The second-order valence-electron chi connectivity index (χ2n) is 4.18. The Hall–Kier alpha value is -1.33. The van der Waals surface area contributed by atoms with E-state index in [1.807, 2.05) is 0 Å². The molecule has 1 heterocycles. The summed E-state index contributed by atoms with van der Waals surface area (Å²) in [6.45, 7) is 4.86. The summed E-state index contributed by atoms with van der Waals surface area (Å²) in [5, 5.41) is 9.01. The van der Waals surface area contributed by atoms with Crippen molar-refractivity contribution in [2.75, 3.05) is 6.61 Å². The monoisotopic (exact) mass is 201 g/mol. The van der Waals surface area contributed by atoms with Crippen LogP contribution in [0.25, 0.3) is 0 Å². The van der Waals surface area contributed by atoms with Crippen LogP contribution in [0.5, 0.6) is 0 Å². The molecule has 0 saturated carbocycles. The fourth-order valence-electron chi connectivity index (χ4n) is 2.17. The van der Waals surface area contributed by atoms with Crippen molar-refractivity contribution < 1.29 is 4.74 Å². The molecule has 1 aliphatic rings. The Morgan fingerprint density at radius 3 is 2.87 bits per heavy atom. The van der Waals surface area contributed by atoms with Crippen LogP contribution in [0.2, 0.25) is 0 Å². The number of ether oxygens (including phenoxy) is 1. The van der Waals surface area contributed by atoms with Crippen molar-refractivity contribution in [3.63, 3.8) is 0 Å². The Bertz CT molecular complexity index is 405. The highest BCUT2D eigenvalue weighted by Crippen LogP contribution is 2.35. The van der Waals surface area contributed by atoms with Gasteiger partial charge in [0.05, 0.1) is 18.1 Å². The Morgan fingerprint density at radius 1 is 1.40 bits per heavy atom. The molecule has 0 amide bonds. The predicted octanol–water partition coefficient (Wildman–Crippen LogP) is 2.90. The zero-order valence-electron chi connectivity index (χ0n) is 9.16. The lowest BCUT2D eigenvalue weighted by Gasteiger charge is -2.16. The number of hydrogen-bond acceptors (Lipinski definition) is 2. The third-order valence-electron chi connectivity index (χ3n) is 2.99. The lowest BCUT2D eigenvalue weighted by Crippen LogP contribution is -2.07. The number of nitrogens with zero attached hydrogens (tertiary/aromatic N) is 1. The molecule has 0 aromatic heterocycles. The van der Waals surface area contributed by atoms with Crippen LogP contribution in [0.3, 0.4) is 0 Å². The van der Waals surface area contributed by atoms with Crippen molar-refractivity contribution in [1.29, 1.82) is 5.26 Å². The van der Waals surface area contributed by atoms with Crippen LogP contribution in [-0.2, 0) is 4.74 Å². The lowest BCUT2D eigenvalue weighted by molar-refractivity contribution is 0.100. The molecule has 1 fully saturated rings. The highest BCUT2D eigenvalue weighted by molar-refractivity contribution is 5.33. The first-order valence-corrected chi connectivity index (χ1v) is 5.30. The van der Waals surface area contributed by atoms with Crippen molar-refractivity contribution in [2.24, 2.45) is 5.92 Å². The van der Waals surface area contributed by atoms with E-state index in [9.17, 15) is 0 Å². The molecule has 2 nitrogen and oxygen atoms in total. The summed E-state index contributed by atoms with van der Waals surface area (Å²) < 4.78 is 5.64. The maximum absolute atomic E-state index is 9.01. The molecule has 2 unspecified atom stereocenters. The first kappa shape index (κ1) is 10.2. The second kappa shape index (κ2) is 4.04. The van der Waals surface area contributed by atoms with E-state index in [1.54, 1.807) is 0 Å². The van der Waals surface area contributed by atoms with E-state index in [2.05, 4.69) is 38.1 Å². The van der Waals surface area contributed by atoms with E-state index in [0.29, 0.717) is 6.61 Å². The molecule has 1 aliphatic heterocycles. The normalized spacial score (nSPS) is 25.1. The highest BCUT2D eigenvalue weighted by Gasteiger charge is 2.30. The quantitative estimate of drug-likeness (QED) is 0.700. The summed E-state index contributed by atoms with van der Waals surface area (Å²) in [6.07, 6.45) is 0.838. The molecule has 78 valence electrons. The topological polar surface area (TPSA) is 33.0 Å². The van der Waals surface area contributed by atoms with Gasteiger partial charge in [-0.2, -0.15) is 5.26 Å². The molecular weight excluding hydrogens is 186 g/mol. The molecule has 0 spiro atoms. The third-order valence-corrected chi connectivity index (χ3v) is 2.99. The average Bonchev–Trinajstić information content (AvgIpc) is 2.65. The molecule has 1 aromatic rings. The zero-order valence-corrected chi connectivity index (χ0v) is 9.16. The fourth-order valence-corrected chi connectivity index (χ4v) is 2.17. The van der Waals surface area contributed by atoms with Crippen LogP contribution in [0, 0.1) is 31.1 Å². The van der Waals surface area contributed by atoms with Crippen LogP contribution >= 0.6 is 0 Å². The van der Waals surface area contributed by atoms with Crippen molar-refractivity contribution in [1.82, 2.24) is 0 Å². The molecule has 0 radical (unpaired) electrons. The first-order valence-electron chi connectivity index (χ1n) is 5.30. The third kappa shape index (κ3) is 1.88. The van der Waals surface area contributed by atoms with E-state index < -0.39 is 0 Å². The molecular formula is C13H15NO. The molecule has 1 saturated heterocycles. The molecule has 0 aliphatic carbocycles. The minimum Gasteiger partial charge on any atom is -0.372 e. The van der Waals surface area contributed by atoms with E-state index >= 15 is 0 Å². The van der Waals surface area contributed by atoms with Gasteiger partial charge in [0, 0.05) is 6.61 Å². The molecule has 2 rings (SSSR count). The number of aryl methyl sites for hydroxylation is 2. The van der Waals surface area contributed by atoms with Crippen LogP contribution in [-0.4, -0.2) is 6.61 Å². The van der Waals surface area contributed by atoms with Crippen LogP contribution in [0.4, 0.5) is 0 Å².